The van der Waals surface area contributed by atoms with Gasteiger partial charge in [0, 0.05) is 12.7 Å². The number of rotatable bonds is 4. The van der Waals surface area contributed by atoms with Crippen molar-refractivity contribution in [2.24, 2.45) is 5.73 Å². The van der Waals surface area contributed by atoms with Crippen molar-refractivity contribution in [3.63, 3.8) is 0 Å². The lowest BCUT2D eigenvalue weighted by atomic mass is 10.2. The molecule has 0 aliphatic rings. The van der Waals surface area contributed by atoms with E-state index in [2.05, 4.69) is 9.97 Å². The average molecular weight is 299 g/mol. The van der Waals surface area contributed by atoms with Gasteiger partial charge in [-0.1, -0.05) is 6.07 Å². The van der Waals surface area contributed by atoms with Crippen LogP contribution in [0.4, 0.5) is 13.2 Å². The molecular formula is C13H12F3N3O2. The van der Waals surface area contributed by atoms with E-state index >= 15 is 0 Å². The van der Waals surface area contributed by atoms with Gasteiger partial charge in [0.05, 0.1) is 7.11 Å². The van der Waals surface area contributed by atoms with Crippen LogP contribution in [0.15, 0.2) is 30.5 Å². The van der Waals surface area contributed by atoms with Crippen LogP contribution in [0.2, 0.25) is 0 Å². The third-order valence-electron chi connectivity index (χ3n) is 2.59. The maximum absolute atomic E-state index is 12.6. The molecule has 0 spiro atoms. The molecule has 0 bridgehead atoms. The summed E-state index contributed by atoms with van der Waals surface area (Å²) in [5.41, 5.74) is 5.21. The topological polar surface area (TPSA) is 70.3 Å². The van der Waals surface area contributed by atoms with Crippen LogP contribution in [0.1, 0.15) is 11.3 Å². The van der Waals surface area contributed by atoms with Crippen LogP contribution >= 0.6 is 0 Å². The zero-order valence-corrected chi connectivity index (χ0v) is 11.0. The van der Waals surface area contributed by atoms with E-state index in [0.717, 1.165) is 17.8 Å². The predicted octanol–water partition coefficient (Wildman–Crippen LogP) is 2.76. The van der Waals surface area contributed by atoms with E-state index < -0.39 is 17.9 Å². The zero-order valence-electron chi connectivity index (χ0n) is 11.0. The molecule has 0 fully saturated rings. The van der Waals surface area contributed by atoms with Gasteiger partial charge in [0.25, 0.3) is 0 Å². The first-order chi connectivity index (χ1) is 9.94. The molecule has 1 heterocycles. The Labute approximate surface area is 118 Å². The number of ether oxygens (including phenoxy) is 2. The van der Waals surface area contributed by atoms with Crippen molar-refractivity contribution in [3.05, 3.63) is 41.7 Å². The number of hydrogen-bond acceptors (Lipinski definition) is 5. The van der Waals surface area contributed by atoms with Gasteiger partial charge in [-0.3, -0.25) is 0 Å². The fourth-order valence-electron chi connectivity index (χ4n) is 1.57. The maximum atomic E-state index is 12.6. The lowest BCUT2D eigenvalue weighted by Gasteiger charge is -2.11. The summed E-state index contributed by atoms with van der Waals surface area (Å²) in [6.45, 7) is 0.302. The first kappa shape index (κ1) is 15.0. The molecule has 2 rings (SSSR count). The van der Waals surface area contributed by atoms with E-state index in [1.807, 2.05) is 0 Å². The van der Waals surface area contributed by atoms with Gasteiger partial charge in [-0.15, -0.1) is 0 Å². The molecule has 0 saturated heterocycles. The van der Waals surface area contributed by atoms with Crippen LogP contribution in [-0.4, -0.2) is 17.1 Å². The second-order valence-corrected chi connectivity index (χ2v) is 4.01. The molecule has 0 saturated carbocycles. The minimum absolute atomic E-state index is 0.203. The molecule has 112 valence electrons. The number of alkyl halides is 3. The summed E-state index contributed by atoms with van der Waals surface area (Å²) < 4.78 is 48.0. The lowest BCUT2D eigenvalue weighted by molar-refractivity contribution is -0.141. The van der Waals surface area contributed by atoms with Gasteiger partial charge in [0.1, 0.15) is 0 Å². The second-order valence-electron chi connectivity index (χ2n) is 4.01. The van der Waals surface area contributed by atoms with Crippen LogP contribution in [0, 0.1) is 0 Å². The second kappa shape index (κ2) is 5.96. The van der Waals surface area contributed by atoms with Crippen LogP contribution in [0.3, 0.4) is 0 Å². The highest BCUT2D eigenvalue weighted by molar-refractivity contribution is 5.44. The minimum atomic E-state index is -4.56. The number of benzene rings is 1. The van der Waals surface area contributed by atoms with Gasteiger partial charge < -0.3 is 15.2 Å². The third kappa shape index (κ3) is 3.60. The number of hydrogen-bond donors (Lipinski definition) is 1. The molecule has 0 atom stereocenters. The van der Waals surface area contributed by atoms with Crippen molar-refractivity contribution in [2.45, 2.75) is 12.7 Å². The standard InChI is InChI=1S/C13H12F3N3O2/c1-20-10-6-8(7-17)2-3-9(10)21-12-18-5-4-11(19-12)13(14,15)16/h2-6H,7,17H2,1H3. The quantitative estimate of drug-likeness (QED) is 0.940. The number of nitrogens with zero attached hydrogens (tertiary/aromatic N) is 2. The average Bonchev–Trinajstić information content (AvgIpc) is 2.47. The van der Waals surface area contributed by atoms with Crippen molar-refractivity contribution in [2.75, 3.05) is 7.11 Å². The predicted molar refractivity (Wildman–Crippen MR) is 68.0 cm³/mol. The summed E-state index contributed by atoms with van der Waals surface area (Å²) >= 11 is 0. The Kier molecular flexibility index (Phi) is 4.27. The Morgan fingerprint density at radius 3 is 2.57 bits per heavy atom. The first-order valence-corrected chi connectivity index (χ1v) is 5.89. The monoisotopic (exact) mass is 299 g/mol. The fraction of sp³-hybridized carbons (Fsp3) is 0.231. The molecule has 0 aliphatic carbocycles. The Balaban J connectivity index is 2.30. The van der Waals surface area contributed by atoms with Crippen LogP contribution < -0.4 is 15.2 Å². The van der Waals surface area contributed by atoms with E-state index in [1.165, 1.54) is 13.2 Å². The van der Waals surface area contributed by atoms with E-state index in [1.54, 1.807) is 12.1 Å². The third-order valence-corrected chi connectivity index (χ3v) is 2.59. The van der Waals surface area contributed by atoms with E-state index in [-0.39, 0.29) is 5.75 Å². The largest absolute Gasteiger partial charge is 0.493 e. The van der Waals surface area contributed by atoms with E-state index in [4.69, 9.17) is 15.2 Å². The summed E-state index contributed by atoms with van der Waals surface area (Å²) in [6.07, 6.45) is -3.58. The van der Waals surface area contributed by atoms with Crippen molar-refractivity contribution >= 4 is 0 Å². The lowest BCUT2D eigenvalue weighted by Crippen LogP contribution is -2.09. The minimum Gasteiger partial charge on any atom is -0.493 e. The van der Waals surface area contributed by atoms with Crippen molar-refractivity contribution in [3.8, 4) is 17.5 Å². The molecule has 21 heavy (non-hydrogen) atoms. The molecule has 0 radical (unpaired) electrons. The van der Waals surface area contributed by atoms with Crippen LogP contribution in [0.5, 0.6) is 17.5 Å². The molecule has 2 N–H and O–H groups in total. The fourth-order valence-corrected chi connectivity index (χ4v) is 1.57. The Morgan fingerprint density at radius 1 is 1.19 bits per heavy atom. The summed E-state index contributed by atoms with van der Waals surface area (Å²) in [7, 11) is 1.41. The molecular weight excluding hydrogens is 287 g/mol. The van der Waals surface area contributed by atoms with E-state index in [0.29, 0.717) is 12.3 Å². The summed E-state index contributed by atoms with van der Waals surface area (Å²) in [4.78, 5) is 6.97. The molecule has 1 aromatic carbocycles. The summed E-state index contributed by atoms with van der Waals surface area (Å²) in [5, 5.41) is 0. The number of aromatic nitrogens is 2. The highest BCUT2D eigenvalue weighted by atomic mass is 19.4. The normalized spacial score (nSPS) is 11.3. The van der Waals surface area contributed by atoms with Crippen molar-refractivity contribution in [1.29, 1.82) is 0 Å². The number of methoxy groups -OCH3 is 1. The van der Waals surface area contributed by atoms with Gasteiger partial charge in [-0.2, -0.15) is 18.2 Å². The maximum Gasteiger partial charge on any atom is 0.433 e. The van der Waals surface area contributed by atoms with Crippen molar-refractivity contribution < 1.29 is 22.6 Å². The smallest absolute Gasteiger partial charge is 0.433 e. The molecule has 0 aliphatic heterocycles. The van der Waals surface area contributed by atoms with Gasteiger partial charge in [0.15, 0.2) is 17.2 Å². The SMILES string of the molecule is COc1cc(CN)ccc1Oc1nccc(C(F)(F)F)n1. The summed E-state index contributed by atoms with van der Waals surface area (Å²) in [6, 6.07) is 5.18. The van der Waals surface area contributed by atoms with Gasteiger partial charge in [0.2, 0.25) is 0 Å². The first-order valence-electron chi connectivity index (χ1n) is 5.89. The van der Waals surface area contributed by atoms with Gasteiger partial charge in [-0.25, -0.2) is 4.98 Å². The number of nitrogens with two attached hydrogens (primary N) is 1. The highest BCUT2D eigenvalue weighted by Gasteiger charge is 2.33. The van der Waals surface area contributed by atoms with Gasteiger partial charge in [-0.05, 0) is 23.8 Å². The van der Waals surface area contributed by atoms with Gasteiger partial charge >= 0.3 is 12.2 Å². The Bertz CT molecular complexity index is 632. The van der Waals surface area contributed by atoms with Crippen LogP contribution in [0.25, 0.3) is 0 Å². The summed E-state index contributed by atoms with van der Waals surface area (Å²) in [5.74, 6) is 0.535. The zero-order chi connectivity index (χ0) is 15.5. The molecule has 5 nitrogen and oxygen atoms in total. The molecule has 2 aromatic rings. The molecule has 8 heteroatoms. The number of halogens is 3. The molecule has 0 unspecified atom stereocenters. The Hall–Kier alpha value is -2.35. The molecule has 1 aromatic heterocycles. The van der Waals surface area contributed by atoms with Crippen LogP contribution in [-0.2, 0) is 12.7 Å². The van der Waals surface area contributed by atoms with E-state index in [9.17, 15) is 13.2 Å². The molecule has 0 amide bonds. The van der Waals surface area contributed by atoms with Crippen molar-refractivity contribution in [1.82, 2.24) is 9.97 Å². The highest BCUT2D eigenvalue weighted by Crippen LogP contribution is 2.32. The Morgan fingerprint density at radius 2 is 1.95 bits per heavy atom.